The Kier molecular flexibility index (Phi) is 5.24. The molecule has 154 valence electrons. The Balaban J connectivity index is 1.73. The van der Waals surface area contributed by atoms with E-state index < -0.39 is 17.2 Å². The van der Waals surface area contributed by atoms with Crippen LogP contribution in [0.15, 0.2) is 41.2 Å². The first-order valence-corrected chi connectivity index (χ1v) is 8.88. The van der Waals surface area contributed by atoms with Crippen molar-refractivity contribution in [1.29, 1.82) is 0 Å². The first kappa shape index (κ1) is 19.9. The fourth-order valence-corrected chi connectivity index (χ4v) is 2.68. The molecular formula is C21H14F2N6O2. The maximum Gasteiger partial charge on any atom is 0.253 e. The maximum absolute atomic E-state index is 15.0. The molecule has 0 bridgehead atoms. The number of benzene rings is 1. The van der Waals surface area contributed by atoms with Crippen LogP contribution in [0.25, 0.3) is 22.9 Å². The average molecular weight is 420 g/mol. The van der Waals surface area contributed by atoms with Crippen molar-refractivity contribution in [2.75, 3.05) is 12.8 Å². The monoisotopic (exact) mass is 420 g/mol. The third-order valence-electron chi connectivity index (χ3n) is 4.16. The maximum atomic E-state index is 15.0. The number of aryl methyl sites for hydroxylation is 1. The van der Waals surface area contributed by atoms with Gasteiger partial charge < -0.3 is 14.9 Å². The van der Waals surface area contributed by atoms with Crippen LogP contribution < -0.4 is 10.5 Å². The van der Waals surface area contributed by atoms with Gasteiger partial charge in [-0.05, 0) is 30.7 Å². The zero-order chi connectivity index (χ0) is 22.0. The number of nitrogen functional groups attached to an aromatic ring is 1. The summed E-state index contributed by atoms with van der Waals surface area (Å²) in [6, 6.07) is 4.02. The molecule has 8 nitrogen and oxygen atoms in total. The molecule has 0 amide bonds. The van der Waals surface area contributed by atoms with Crippen molar-refractivity contribution in [3.63, 3.8) is 0 Å². The second-order valence-corrected chi connectivity index (χ2v) is 6.35. The topological polar surface area (TPSA) is 113 Å². The van der Waals surface area contributed by atoms with E-state index >= 15 is 4.39 Å². The second kappa shape index (κ2) is 8.16. The highest BCUT2D eigenvalue weighted by Gasteiger charge is 2.20. The first-order valence-electron chi connectivity index (χ1n) is 8.88. The van der Waals surface area contributed by atoms with Crippen LogP contribution >= 0.6 is 0 Å². The van der Waals surface area contributed by atoms with Crippen LogP contribution in [0.4, 0.5) is 14.7 Å². The first-order chi connectivity index (χ1) is 15.0. The predicted molar refractivity (Wildman–Crippen MR) is 107 cm³/mol. The molecule has 3 heterocycles. The van der Waals surface area contributed by atoms with Crippen molar-refractivity contribution in [1.82, 2.24) is 25.1 Å². The number of ether oxygens (including phenoxy) is 1. The molecule has 0 aliphatic carbocycles. The molecule has 0 saturated heterocycles. The van der Waals surface area contributed by atoms with Crippen molar-refractivity contribution < 1.29 is 17.9 Å². The number of halogens is 2. The van der Waals surface area contributed by atoms with Crippen LogP contribution in [0.2, 0.25) is 0 Å². The van der Waals surface area contributed by atoms with E-state index in [4.69, 9.17) is 14.9 Å². The number of pyridine rings is 1. The summed E-state index contributed by atoms with van der Waals surface area (Å²) in [5.74, 6) is 3.56. The highest BCUT2D eigenvalue weighted by Crippen LogP contribution is 2.32. The summed E-state index contributed by atoms with van der Waals surface area (Å²) in [5.41, 5.74) is 6.49. The van der Waals surface area contributed by atoms with Gasteiger partial charge in [-0.25, -0.2) is 23.7 Å². The predicted octanol–water partition coefficient (Wildman–Crippen LogP) is 3.17. The lowest BCUT2D eigenvalue weighted by Crippen LogP contribution is -1.95. The molecule has 4 aromatic rings. The van der Waals surface area contributed by atoms with E-state index in [9.17, 15) is 4.39 Å². The van der Waals surface area contributed by atoms with E-state index in [-0.39, 0.29) is 29.2 Å². The summed E-state index contributed by atoms with van der Waals surface area (Å²) in [6.07, 6.45) is 4.32. The number of hydrogen-bond donors (Lipinski definition) is 1. The minimum absolute atomic E-state index is 0.0672. The summed E-state index contributed by atoms with van der Waals surface area (Å²) in [6.45, 7) is 1.84. The van der Waals surface area contributed by atoms with Crippen molar-refractivity contribution in [3.05, 3.63) is 65.1 Å². The van der Waals surface area contributed by atoms with E-state index in [1.54, 1.807) is 12.3 Å². The fourth-order valence-electron chi connectivity index (χ4n) is 2.68. The molecule has 0 aliphatic heterocycles. The lowest BCUT2D eigenvalue weighted by Gasteiger charge is -2.04. The van der Waals surface area contributed by atoms with E-state index in [1.165, 1.54) is 25.6 Å². The summed E-state index contributed by atoms with van der Waals surface area (Å²) in [7, 11) is 1.45. The van der Waals surface area contributed by atoms with Gasteiger partial charge in [0.05, 0.1) is 23.8 Å². The standard InChI is InChI=1S/C21H14F2N6O2/c1-11-7-15(18(30-2)25-8-11)20-29-28-19(31-20)14-5-6-16(22)13(17(14)23)4-3-12-9-26-21(24)27-10-12/h5-10H,1-2H3,(H2,24,26,27). The zero-order valence-electron chi connectivity index (χ0n) is 16.3. The highest BCUT2D eigenvalue weighted by molar-refractivity contribution is 5.64. The molecule has 0 spiro atoms. The van der Waals surface area contributed by atoms with Gasteiger partial charge in [-0.15, -0.1) is 10.2 Å². The molecule has 1 aromatic carbocycles. The van der Waals surface area contributed by atoms with Gasteiger partial charge >= 0.3 is 0 Å². The fraction of sp³-hybridized carbons (Fsp3) is 0.0952. The third-order valence-corrected chi connectivity index (χ3v) is 4.16. The molecular weight excluding hydrogens is 406 g/mol. The van der Waals surface area contributed by atoms with Gasteiger partial charge in [-0.3, -0.25) is 0 Å². The number of methoxy groups -OCH3 is 1. The van der Waals surface area contributed by atoms with Crippen LogP contribution in [0.1, 0.15) is 16.7 Å². The molecule has 0 fully saturated rings. The molecule has 4 rings (SSSR count). The van der Waals surface area contributed by atoms with Gasteiger partial charge in [0.1, 0.15) is 11.4 Å². The van der Waals surface area contributed by atoms with Crippen LogP contribution in [-0.2, 0) is 0 Å². The zero-order valence-corrected chi connectivity index (χ0v) is 16.3. The van der Waals surface area contributed by atoms with Crippen molar-refractivity contribution >= 4 is 5.95 Å². The van der Waals surface area contributed by atoms with Crippen molar-refractivity contribution in [2.45, 2.75) is 6.92 Å². The summed E-state index contributed by atoms with van der Waals surface area (Å²) in [5, 5.41) is 7.83. The second-order valence-electron chi connectivity index (χ2n) is 6.35. The van der Waals surface area contributed by atoms with Crippen LogP contribution in [0.3, 0.4) is 0 Å². The van der Waals surface area contributed by atoms with Gasteiger partial charge in [0.25, 0.3) is 11.8 Å². The molecule has 0 atom stereocenters. The van der Waals surface area contributed by atoms with E-state index in [2.05, 4.69) is 37.0 Å². The summed E-state index contributed by atoms with van der Waals surface area (Å²) < 4.78 is 40.1. The summed E-state index contributed by atoms with van der Waals surface area (Å²) >= 11 is 0. The van der Waals surface area contributed by atoms with Crippen LogP contribution in [0.5, 0.6) is 5.88 Å². The Labute approximate surface area is 175 Å². The van der Waals surface area contributed by atoms with E-state index in [1.807, 2.05) is 6.92 Å². The minimum Gasteiger partial charge on any atom is -0.480 e. The molecule has 0 saturated carbocycles. The molecule has 2 N–H and O–H groups in total. The Bertz CT molecular complexity index is 1330. The van der Waals surface area contributed by atoms with Crippen LogP contribution in [0, 0.1) is 30.4 Å². The number of rotatable bonds is 3. The number of nitrogens with two attached hydrogens (primary N) is 1. The molecule has 10 heteroatoms. The van der Waals surface area contributed by atoms with Gasteiger partial charge in [0.15, 0.2) is 5.82 Å². The molecule has 0 unspecified atom stereocenters. The van der Waals surface area contributed by atoms with Crippen molar-refractivity contribution in [2.24, 2.45) is 0 Å². The number of hydrogen-bond acceptors (Lipinski definition) is 8. The molecule has 0 aliphatic rings. The van der Waals surface area contributed by atoms with Gasteiger partial charge in [0.2, 0.25) is 11.8 Å². The minimum atomic E-state index is -0.937. The van der Waals surface area contributed by atoms with Crippen LogP contribution in [-0.4, -0.2) is 32.3 Å². The quantitative estimate of drug-likeness (QED) is 0.503. The smallest absolute Gasteiger partial charge is 0.253 e. The Morgan fingerprint density at radius 1 is 0.968 bits per heavy atom. The molecule has 31 heavy (non-hydrogen) atoms. The number of nitrogens with zero attached hydrogens (tertiary/aromatic N) is 5. The lowest BCUT2D eigenvalue weighted by atomic mass is 10.1. The average Bonchev–Trinajstić information content (AvgIpc) is 3.24. The normalized spacial score (nSPS) is 10.5. The lowest BCUT2D eigenvalue weighted by molar-refractivity contribution is 0.397. The largest absolute Gasteiger partial charge is 0.480 e. The SMILES string of the molecule is COc1ncc(C)cc1-c1nnc(-c2ccc(F)c(C#Cc3cnc(N)nc3)c2F)o1. The third kappa shape index (κ3) is 4.02. The van der Waals surface area contributed by atoms with Crippen molar-refractivity contribution in [3.8, 4) is 40.6 Å². The highest BCUT2D eigenvalue weighted by atomic mass is 19.1. The van der Waals surface area contributed by atoms with E-state index in [0.717, 1.165) is 11.6 Å². The number of aromatic nitrogens is 5. The summed E-state index contributed by atoms with van der Waals surface area (Å²) in [4.78, 5) is 11.7. The Morgan fingerprint density at radius 3 is 2.39 bits per heavy atom. The van der Waals surface area contributed by atoms with E-state index in [0.29, 0.717) is 11.1 Å². The van der Waals surface area contributed by atoms with Gasteiger partial charge in [-0.1, -0.05) is 11.8 Å². The van der Waals surface area contributed by atoms with Gasteiger partial charge in [-0.2, -0.15) is 0 Å². The Hall–Kier alpha value is -4.39. The number of anilines is 1. The molecule has 3 aromatic heterocycles. The van der Waals surface area contributed by atoms with Gasteiger partial charge in [0, 0.05) is 18.6 Å². The molecule has 0 radical (unpaired) electrons. The Morgan fingerprint density at radius 2 is 1.68 bits per heavy atom.